The Morgan fingerprint density at radius 1 is 1.20 bits per heavy atom. The van der Waals surface area contributed by atoms with Crippen LogP contribution in [0.15, 0.2) is 48.9 Å². The van der Waals surface area contributed by atoms with E-state index in [0.29, 0.717) is 18.7 Å². The number of pyridine rings is 1. The van der Waals surface area contributed by atoms with Crippen LogP contribution in [-0.2, 0) is 22.9 Å². The summed E-state index contributed by atoms with van der Waals surface area (Å²) in [4.78, 5) is 52.0. The van der Waals surface area contributed by atoms with Crippen LogP contribution in [0.3, 0.4) is 0 Å². The Morgan fingerprint density at radius 3 is 2.61 bits per heavy atom. The second-order valence-electron chi connectivity index (χ2n) is 10.9. The predicted molar refractivity (Wildman–Crippen MR) is 170 cm³/mol. The highest BCUT2D eigenvalue weighted by molar-refractivity contribution is 6.34. The summed E-state index contributed by atoms with van der Waals surface area (Å²) >= 11 is 6.39. The van der Waals surface area contributed by atoms with Gasteiger partial charge in [-0.15, -0.1) is 0 Å². The van der Waals surface area contributed by atoms with Crippen molar-refractivity contribution in [1.29, 1.82) is 0 Å². The molecule has 1 aromatic carbocycles. The minimum absolute atomic E-state index is 0.0111. The second kappa shape index (κ2) is 14.6. The molecule has 4 aromatic rings. The van der Waals surface area contributed by atoms with E-state index in [9.17, 15) is 32.7 Å². The summed E-state index contributed by atoms with van der Waals surface area (Å²) in [6, 6.07) is 6.52. The normalized spacial score (nSPS) is 16.1. The van der Waals surface area contributed by atoms with E-state index in [2.05, 4.69) is 31.0 Å². The van der Waals surface area contributed by atoms with Gasteiger partial charge in [0.2, 0.25) is 5.91 Å². The summed E-state index contributed by atoms with van der Waals surface area (Å²) in [5.41, 5.74) is 4.64. The Morgan fingerprint density at radius 2 is 1.98 bits per heavy atom. The quantitative estimate of drug-likeness (QED) is 0.114. The molecule has 1 aliphatic heterocycles. The van der Waals surface area contributed by atoms with Crippen LogP contribution < -0.4 is 21.7 Å². The molecule has 1 aliphatic rings. The van der Waals surface area contributed by atoms with Crippen LogP contribution in [-0.4, -0.2) is 90.6 Å². The highest BCUT2D eigenvalue weighted by atomic mass is 35.5. The lowest BCUT2D eigenvalue weighted by Crippen LogP contribution is -2.42. The molecule has 0 bridgehead atoms. The first kappa shape index (κ1) is 35.3. The molecule has 3 amide bonds. The first-order valence-corrected chi connectivity index (χ1v) is 15.3. The largest absolute Gasteiger partial charge is 0.435 e. The van der Waals surface area contributed by atoms with Crippen molar-refractivity contribution in [3.63, 3.8) is 0 Å². The predicted octanol–water partition coefficient (Wildman–Crippen LogP) is 2.41. The Labute approximate surface area is 282 Å². The number of rotatable bonds is 11. The number of nitrogens with two attached hydrogens (primary N) is 1. The van der Waals surface area contributed by atoms with E-state index in [-0.39, 0.29) is 64.8 Å². The number of aromatic nitrogens is 5. The third kappa shape index (κ3) is 7.99. The lowest BCUT2D eigenvalue weighted by molar-refractivity contribution is -0.140. The van der Waals surface area contributed by atoms with Gasteiger partial charge in [0.15, 0.2) is 17.3 Å². The minimum atomic E-state index is -4.83. The van der Waals surface area contributed by atoms with Crippen LogP contribution in [0, 0.1) is 0 Å². The van der Waals surface area contributed by atoms with Crippen molar-refractivity contribution >= 4 is 40.7 Å². The van der Waals surface area contributed by atoms with Crippen LogP contribution in [0.5, 0.6) is 0 Å². The molecular weight excluding hydrogens is 673 g/mol. The van der Waals surface area contributed by atoms with Gasteiger partial charge in [-0.3, -0.25) is 19.2 Å². The van der Waals surface area contributed by atoms with Crippen LogP contribution in [0.1, 0.15) is 40.0 Å². The number of carbonyl (C=O) groups is 3. The number of halogens is 4. The molecule has 1 saturated heterocycles. The van der Waals surface area contributed by atoms with Crippen molar-refractivity contribution in [2.75, 3.05) is 37.3 Å². The number of anilines is 2. The number of aliphatic hydroxyl groups is 1. The maximum Gasteiger partial charge on any atom is 0.435 e. The molecule has 49 heavy (non-hydrogen) atoms. The number of aliphatic hydroxyl groups excluding tert-OH is 1. The molecule has 0 spiro atoms. The Hall–Kier alpha value is -5.04. The van der Waals surface area contributed by atoms with Crippen molar-refractivity contribution in [2.24, 2.45) is 7.05 Å². The number of nitrogen functional groups attached to an aromatic ring is 1. The van der Waals surface area contributed by atoms with E-state index in [1.807, 2.05) is 0 Å². The molecular formula is C30H32ClF3N10O5. The highest BCUT2D eigenvalue weighted by Gasteiger charge is 2.39. The van der Waals surface area contributed by atoms with Crippen LogP contribution in [0.2, 0.25) is 5.02 Å². The lowest BCUT2D eigenvalue weighted by atomic mass is 10.2. The van der Waals surface area contributed by atoms with Gasteiger partial charge in [0.1, 0.15) is 0 Å². The number of hydrogen-bond donors (Lipinski definition) is 5. The lowest BCUT2D eigenvalue weighted by Gasteiger charge is -2.21. The van der Waals surface area contributed by atoms with Gasteiger partial charge in [0.25, 0.3) is 11.8 Å². The molecule has 0 unspecified atom stereocenters. The van der Waals surface area contributed by atoms with Crippen molar-refractivity contribution in [3.8, 4) is 17.1 Å². The fraction of sp³-hybridized carbons (Fsp3) is 0.333. The topological polar surface area (TPSA) is 195 Å². The molecule has 3 aromatic heterocycles. The molecule has 19 heteroatoms. The zero-order valence-corrected chi connectivity index (χ0v) is 26.9. The van der Waals surface area contributed by atoms with E-state index in [4.69, 9.17) is 22.2 Å². The second-order valence-corrected chi connectivity index (χ2v) is 11.3. The number of nitrogens with zero attached hydrogens (tertiary/aromatic N) is 6. The van der Waals surface area contributed by atoms with Gasteiger partial charge in [0, 0.05) is 38.6 Å². The van der Waals surface area contributed by atoms with Crippen LogP contribution in [0.4, 0.5) is 24.5 Å². The summed E-state index contributed by atoms with van der Waals surface area (Å²) in [7, 11) is 1.38. The van der Waals surface area contributed by atoms with Gasteiger partial charge in [-0.2, -0.15) is 18.3 Å². The summed E-state index contributed by atoms with van der Waals surface area (Å²) in [5.74, 6) is -1.72. The number of alkyl halides is 3. The van der Waals surface area contributed by atoms with Crippen LogP contribution >= 0.6 is 11.6 Å². The summed E-state index contributed by atoms with van der Waals surface area (Å²) in [6.45, 7) is 2.28. The third-order valence-corrected chi connectivity index (χ3v) is 7.81. The number of benzene rings is 1. The number of carbonyl (C=O) groups excluding carboxylic acids is 3. The zero-order valence-electron chi connectivity index (χ0n) is 26.2. The standard InChI is InChI=1S/C30H32ClF3N10O5/c1-3-44(49-9-8-36-27(46)22-11-18(45)13-37-22)29(48)19-6-5-17(10-21(19)31)40-28(47)26-39-14-23(42(26)2)20-15-43(41-25(20)30(32,33)34)24-7-4-16(35)12-38-24/h4-7,10,12,14-15,18,22,37,45H,3,8-9,11,13,35H2,1-2H3,(H,36,46)(H,40,47)/t18-,22+/m1/s1. The molecule has 2 atom stereocenters. The minimum Gasteiger partial charge on any atom is -0.397 e. The number of imidazole rings is 1. The fourth-order valence-corrected chi connectivity index (χ4v) is 5.30. The fourth-order valence-electron chi connectivity index (χ4n) is 5.04. The molecule has 5 rings (SSSR count). The number of amides is 3. The smallest absolute Gasteiger partial charge is 0.397 e. The molecule has 0 saturated carbocycles. The van der Waals surface area contributed by atoms with Crippen LogP contribution in [0.25, 0.3) is 17.1 Å². The molecule has 4 heterocycles. The van der Waals surface area contributed by atoms with Crippen molar-refractivity contribution < 1.29 is 37.5 Å². The average molecular weight is 705 g/mol. The highest BCUT2D eigenvalue weighted by Crippen LogP contribution is 2.37. The maximum atomic E-state index is 14.0. The van der Waals surface area contributed by atoms with Gasteiger partial charge in [0.05, 0.1) is 58.7 Å². The Balaban J connectivity index is 1.24. The number of nitrogens with one attached hydrogen (secondary N) is 3. The number of hydroxylamine groups is 2. The van der Waals surface area contributed by atoms with Crippen molar-refractivity contribution in [2.45, 2.75) is 31.7 Å². The van der Waals surface area contributed by atoms with Gasteiger partial charge in [-0.25, -0.2) is 19.7 Å². The maximum absolute atomic E-state index is 14.0. The van der Waals surface area contributed by atoms with Gasteiger partial charge in [-0.1, -0.05) is 11.6 Å². The summed E-state index contributed by atoms with van der Waals surface area (Å²) < 4.78 is 44.1. The Kier molecular flexibility index (Phi) is 10.5. The molecule has 260 valence electrons. The molecule has 0 aliphatic carbocycles. The third-order valence-electron chi connectivity index (χ3n) is 7.50. The number of β-amino-alcohol motifs (C(OH)–C–C–N with tert-alkyl or cyclic N) is 1. The summed E-state index contributed by atoms with van der Waals surface area (Å²) in [5, 5.41) is 22.5. The number of hydrogen-bond acceptors (Lipinski definition) is 10. The average Bonchev–Trinajstić information content (AvgIpc) is 3.79. The van der Waals surface area contributed by atoms with Gasteiger partial charge >= 0.3 is 6.18 Å². The molecule has 6 N–H and O–H groups in total. The van der Waals surface area contributed by atoms with Gasteiger partial charge in [-0.05, 0) is 43.7 Å². The van der Waals surface area contributed by atoms with Gasteiger partial charge < -0.3 is 31.4 Å². The van der Waals surface area contributed by atoms with E-state index in [1.54, 1.807) is 6.92 Å². The van der Waals surface area contributed by atoms with E-state index < -0.39 is 35.8 Å². The molecule has 1 fully saturated rings. The van der Waals surface area contributed by atoms with E-state index >= 15 is 0 Å². The molecule has 15 nitrogen and oxygen atoms in total. The zero-order chi connectivity index (χ0) is 35.5. The van der Waals surface area contributed by atoms with E-state index in [0.717, 1.165) is 22.1 Å². The van der Waals surface area contributed by atoms with Crippen molar-refractivity contribution in [3.05, 3.63) is 71.0 Å². The summed E-state index contributed by atoms with van der Waals surface area (Å²) in [6.07, 6.45) is -1.56. The van der Waals surface area contributed by atoms with Crippen molar-refractivity contribution in [1.82, 2.24) is 40.0 Å². The first-order chi connectivity index (χ1) is 23.3. The first-order valence-electron chi connectivity index (χ1n) is 14.9. The Bertz CT molecular complexity index is 1850. The van der Waals surface area contributed by atoms with E-state index in [1.165, 1.54) is 48.1 Å². The monoisotopic (exact) mass is 704 g/mol. The molecule has 0 radical (unpaired) electrons. The SMILES string of the molecule is CCN(OCCNC(=O)[C@@H]1C[C@@H](O)CN1)C(=O)c1ccc(NC(=O)c2ncc(-c3cn(-c4ccc(N)cn4)nc3C(F)(F)F)n2C)cc1Cl.